The Kier molecular flexibility index (Phi) is 2.94. The maximum atomic E-state index is 5.90. The summed E-state index contributed by atoms with van der Waals surface area (Å²) in [7, 11) is 0. The Hall–Kier alpha value is -2.70. The lowest BCUT2D eigenvalue weighted by molar-refractivity contribution is 0.220. The monoisotopic (exact) mass is 270 g/mol. The van der Waals surface area contributed by atoms with Gasteiger partial charge in [0.1, 0.15) is 23.1 Å². The molecule has 7 nitrogen and oxygen atoms in total. The maximum absolute atomic E-state index is 5.90. The summed E-state index contributed by atoms with van der Waals surface area (Å²) in [5, 5.41) is 7.50. The second-order valence-corrected chi connectivity index (χ2v) is 4.45. The zero-order chi connectivity index (χ0) is 14.1. The molecular weight excluding hydrogens is 256 g/mol. The van der Waals surface area contributed by atoms with Crippen molar-refractivity contribution in [3.8, 4) is 5.88 Å². The highest BCUT2D eigenvalue weighted by Crippen LogP contribution is 2.27. The molecule has 3 N–H and O–H groups in total. The molecule has 0 aromatic carbocycles. The second-order valence-electron chi connectivity index (χ2n) is 4.45. The lowest BCUT2D eigenvalue weighted by Gasteiger charge is -2.15. The molecule has 0 fully saturated rings. The van der Waals surface area contributed by atoms with Crippen LogP contribution in [0.25, 0.3) is 11.0 Å². The van der Waals surface area contributed by atoms with E-state index >= 15 is 0 Å². The minimum atomic E-state index is -0.268. The Labute approximate surface area is 115 Å². The molecule has 0 radical (unpaired) electrons. The lowest BCUT2D eigenvalue weighted by Crippen LogP contribution is -2.09. The number of aromatic amines is 1. The van der Waals surface area contributed by atoms with Crippen molar-refractivity contribution in [1.82, 2.24) is 25.1 Å². The highest BCUT2D eigenvalue weighted by Gasteiger charge is 2.15. The van der Waals surface area contributed by atoms with Crippen molar-refractivity contribution in [3.63, 3.8) is 0 Å². The molecule has 3 heterocycles. The van der Waals surface area contributed by atoms with Gasteiger partial charge >= 0.3 is 0 Å². The maximum Gasteiger partial charge on any atom is 0.228 e. The summed E-state index contributed by atoms with van der Waals surface area (Å²) in [5.74, 6) is 1.55. The molecule has 3 aromatic rings. The van der Waals surface area contributed by atoms with Crippen molar-refractivity contribution in [2.24, 2.45) is 0 Å². The van der Waals surface area contributed by atoms with E-state index in [0.29, 0.717) is 23.2 Å². The Balaban J connectivity index is 1.97. The second kappa shape index (κ2) is 4.76. The van der Waals surface area contributed by atoms with Crippen LogP contribution in [0.4, 0.5) is 5.82 Å². The van der Waals surface area contributed by atoms with E-state index in [1.807, 2.05) is 19.1 Å². The molecular formula is C13H14N6O. The van der Waals surface area contributed by atoms with Crippen molar-refractivity contribution in [3.05, 3.63) is 35.9 Å². The average molecular weight is 270 g/mol. The molecule has 0 aliphatic rings. The molecule has 0 saturated carbocycles. The van der Waals surface area contributed by atoms with Crippen LogP contribution in [-0.2, 0) is 0 Å². The Morgan fingerprint density at radius 2 is 2.20 bits per heavy atom. The Bertz CT molecular complexity index is 753. The molecule has 0 spiro atoms. The molecule has 0 saturated heterocycles. The number of aromatic nitrogens is 5. The summed E-state index contributed by atoms with van der Waals surface area (Å²) in [4.78, 5) is 12.6. The molecule has 7 heteroatoms. The number of aryl methyl sites for hydroxylation is 1. The van der Waals surface area contributed by atoms with Crippen LogP contribution in [0.3, 0.4) is 0 Å². The van der Waals surface area contributed by atoms with Crippen LogP contribution in [-0.4, -0.2) is 25.1 Å². The van der Waals surface area contributed by atoms with Gasteiger partial charge in [0.05, 0.1) is 6.20 Å². The highest BCUT2D eigenvalue weighted by molar-refractivity contribution is 5.79. The minimum absolute atomic E-state index is 0.268. The molecule has 20 heavy (non-hydrogen) atoms. The van der Waals surface area contributed by atoms with Crippen molar-refractivity contribution in [2.45, 2.75) is 20.0 Å². The average Bonchev–Trinajstić information content (AvgIpc) is 2.87. The number of nitrogens with zero attached hydrogens (tertiary/aromatic N) is 4. The first-order valence-electron chi connectivity index (χ1n) is 6.20. The van der Waals surface area contributed by atoms with Gasteiger partial charge in [0.2, 0.25) is 5.88 Å². The Morgan fingerprint density at radius 1 is 1.35 bits per heavy atom. The summed E-state index contributed by atoms with van der Waals surface area (Å²) >= 11 is 0. The quantitative estimate of drug-likeness (QED) is 0.752. The SMILES string of the molecule is Cc1nc(OC(C)c2cccnc2N)c2cn[nH]c2n1. The van der Waals surface area contributed by atoms with E-state index in [-0.39, 0.29) is 6.10 Å². The fourth-order valence-electron chi connectivity index (χ4n) is 2.01. The van der Waals surface area contributed by atoms with Gasteiger partial charge in [-0.1, -0.05) is 6.07 Å². The summed E-state index contributed by atoms with van der Waals surface area (Å²) in [6, 6.07) is 3.71. The van der Waals surface area contributed by atoms with Gasteiger partial charge in [-0.3, -0.25) is 5.10 Å². The zero-order valence-corrected chi connectivity index (χ0v) is 11.2. The van der Waals surface area contributed by atoms with Crippen molar-refractivity contribution >= 4 is 16.9 Å². The lowest BCUT2D eigenvalue weighted by atomic mass is 10.1. The standard InChI is InChI=1S/C13H14N6O/c1-7(9-4-3-5-15-11(9)14)20-13-10-6-16-19-12(10)17-8(2)18-13/h3-7H,1-2H3,(H2,14,15)(H,16,17,18,19). The smallest absolute Gasteiger partial charge is 0.228 e. The number of hydrogen-bond donors (Lipinski definition) is 2. The Morgan fingerprint density at radius 3 is 3.00 bits per heavy atom. The van der Waals surface area contributed by atoms with Gasteiger partial charge in [0.25, 0.3) is 0 Å². The number of H-pyrrole nitrogens is 1. The third-order valence-corrected chi connectivity index (χ3v) is 2.98. The molecule has 3 aromatic heterocycles. The van der Waals surface area contributed by atoms with Crippen LogP contribution in [0.1, 0.15) is 24.4 Å². The number of anilines is 1. The van der Waals surface area contributed by atoms with Gasteiger partial charge in [0, 0.05) is 11.8 Å². The number of nitrogen functional groups attached to an aromatic ring is 1. The number of hydrogen-bond acceptors (Lipinski definition) is 6. The fraction of sp³-hybridized carbons (Fsp3) is 0.231. The van der Waals surface area contributed by atoms with Gasteiger partial charge in [-0.2, -0.15) is 10.1 Å². The molecule has 1 atom stereocenters. The van der Waals surface area contributed by atoms with Gasteiger partial charge < -0.3 is 10.5 Å². The van der Waals surface area contributed by atoms with E-state index in [1.165, 1.54) is 0 Å². The number of rotatable bonds is 3. The van der Waals surface area contributed by atoms with Crippen molar-refractivity contribution < 1.29 is 4.74 Å². The van der Waals surface area contributed by atoms with E-state index in [9.17, 15) is 0 Å². The molecule has 1 unspecified atom stereocenters. The summed E-state index contributed by atoms with van der Waals surface area (Å²) in [6.45, 7) is 3.70. The van der Waals surface area contributed by atoms with Crippen LogP contribution < -0.4 is 10.5 Å². The molecule has 0 bridgehead atoms. The number of fused-ring (bicyclic) bond motifs is 1. The van der Waals surface area contributed by atoms with Crippen LogP contribution in [0.2, 0.25) is 0 Å². The number of nitrogens with one attached hydrogen (secondary N) is 1. The third-order valence-electron chi connectivity index (χ3n) is 2.98. The largest absolute Gasteiger partial charge is 0.469 e. The van der Waals surface area contributed by atoms with E-state index in [4.69, 9.17) is 10.5 Å². The predicted molar refractivity (Wildman–Crippen MR) is 74.1 cm³/mol. The summed E-state index contributed by atoms with van der Waals surface area (Å²) < 4.78 is 5.90. The van der Waals surface area contributed by atoms with Gasteiger partial charge in [-0.05, 0) is 19.9 Å². The predicted octanol–water partition coefficient (Wildman–Crippen LogP) is 1.78. The minimum Gasteiger partial charge on any atom is -0.469 e. The first-order chi connectivity index (χ1) is 9.65. The molecule has 3 rings (SSSR count). The highest BCUT2D eigenvalue weighted by atomic mass is 16.5. The van der Waals surface area contributed by atoms with Crippen molar-refractivity contribution in [2.75, 3.05) is 5.73 Å². The first kappa shape index (κ1) is 12.3. The molecule has 102 valence electrons. The fourth-order valence-corrected chi connectivity index (χ4v) is 2.01. The van der Waals surface area contributed by atoms with Gasteiger partial charge in [-0.25, -0.2) is 9.97 Å². The van der Waals surface area contributed by atoms with Crippen LogP contribution in [0, 0.1) is 6.92 Å². The van der Waals surface area contributed by atoms with E-state index in [1.54, 1.807) is 19.3 Å². The topological polar surface area (TPSA) is 103 Å². The summed E-state index contributed by atoms with van der Waals surface area (Å²) in [6.07, 6.45) is 3.02. The van der Waals surface area contributed by atoms with E-state index < -0.39 is 0 Å². The van der Waals surface area contributed by atoms with Gasteiger partial charge in [-0.15, -0.1) is 0 Å². The van der Waals surface area contributed by atoms with Crippen molar-refractivity contribution in [1.29, 1.82) is 0 Å². The van der Waals surface area contributed by atoms with E-state index in [0.717, 1.165) is 10.9 Å². The van der Waals surface area contributed by atoms with Crippen LogP contribution >= 0.6 is 0 Å². The third kappa shape index (κ3) is 2.13. The molecule has 0 aliphatic carbocycles. The number of pyridine rings is 1. The van der Waals surface area contributed by atoms with Crippen LogP contribution in [0.5, 0.6) is 5.88 Å². The van der Waals surface area contributed by atoms with Gasteiger partial charge in [0.15, 0.2) is 5.65 Å². The first-order valence-corrected chi connectivity index (χ1v) is 6.20. The molecule has 0 amide bonds. The summed E-state index contributed by atoms with van der Waals surface area (Å²) in [5.41, 5.74) is 7.33. The number of ether oxygens (including phenoxy) is 1. The van der Waals surface area contributed by atoms with Crippen LogP contribution in [0.15, 0.2) is 24.5 Å². The zero-order valence-electron chi connectivity index (χ0n) is 11.2. The normalized spacial score (nSPS) is 12.5. The molecule has 0 aliphatic heterocycles. The van der Waals surface area contributed by atoms with E-state index in [2.05, 4.69) is 25.1 Å². The number of nitrogens with two attached hydrogens (primary N) is 1.